The monoisotopic (exact) mass is 312 g/mol. The molecular formula is C15H24N2O3S. The number of carbonyl (C=O) groups excluding carboxylic acids is 1. The van der Waals surface area contributed by atoms with E-state index in [4.69, 9.17) is 5.11 Å². The van der Waals surface area contributed by atoms with Crippen molar-refractivity contribution in [2.24, 2.45) is 11.8 Å². The van der Waals surface area contributed by atoms with Gasteiger partial charge in [-0.25, -0.2) is 4.79 Å². The molecule has 2 amide bonds. The van der Waals surface area contributed by atoms with Crippen molar-refractivity contribution >= 4 is 23.8 Å². The average Bonchev–Trinajstić information content (AvgIpc) is 3.32. The number of carboxylic acid groups (broad SMARTS) is 1. The fourth-order valence-electron chi connectivity index (χ4n) is 2.91. The summed E-state index contributed by atoms with van der Waals surface area (Å²) in [4.78, 5) is 27.7. The number of amides is 2. The number of carbonyl (C=O) groups is 2. The second kappa shape index (κ2) is 6.46. The molecule has 3 fully saturated rings. The molecule has 0 aromatic carbocycles. The van der Waals surface area contributed by atoms with Crippen LogP contribution in [0.2, 0.25) is 0 Å². The normalized spacial score (nSPS) is 25.7. The van der Waals surface area contributed by atoms with Gasteiger partial charge in [0.1, 0.15) is 0 Å². The quantitative estimate of drug-likeness (QED) is 0.816. The molecule has 1 saturated heterocycles. The van der Waals surface area contributed by atoms with Crippen LogP contribution in [0, 0.1) is 11.8 Å². The smallest absolute Gasteiger partial charge is 0.320 e. The third kappa shape index (κ3) is 4.28. The second-order valence-corrected chi connectivity index (χ2v) is 7.74. The average molecular weight is 312 g/mol. The first-order valence-electron chi connectivity index (χ1n) is 7.98. The first kappa shape index (κ1) is 15.0. The van der Waals surface area contributed by atoms with E-state index in [0.717, 1.165) is 24.6 Å². The largest absolute Gasteiger partial charge is 0.481 e. The van der Waals surface area contributed by atoms with Gasteiger partial charge >= 0.3 is 12.0 Å². The number of nitrogens with zero attached hydrogens (tertiary/aromatic N) is 2. The summed E-state index contributed by atoms with van der Waals surface area (Å²) in [6, 6.07) is -0.0602. The summed E-state index contributed by atoms with van der Waals surface area (Å²) in [6.45, 7) is 2.44. The van der Waals surface area contributed by atoms with E-state index in [2.05, 4.69) is 0 Å². The molecule has 0 aromatic heterocycles. The maximum Gasteiger partial charge on any atom is 0.320 e. The van der Waals surface area contributed by atoms with E-state index in [1.54, 1.807) is 11.8 Å². The van der Waals surface area contributed by atoms with Crippen molar-refractivity contribution in [3.63, 3.8) is 0 Å². The molecule has 3 rings (SSSR count). The standard InChI is InChI=1S/C15H24N2O3S/c18-14(19)7-13-10-21-6-5-17(13)15(20)16(8-11-1-2-11)9-12-3-4-12/h11-13H,1-10H2,(H,18,19). The zero-order valence-electron chi connectivity index (χ0n) is 12.4. The lowest BCUT2D eigenvalue weighted by Gasteiger charge is -2.38. The van der Waals surface area contributed by atoms with Gasteiger partial charge in [0.2, 0.25) is 0 Å². The minimum atomic E-state index is -0.809. The summed E-state index contributed by atoms with van der Waals surface area (Å²) in [7, 11) is 0. The van der Waals surface area contributed by atoms with Crippen LogP contribution < -0.4 is 0 Å². The highest BCUT2D eigenvalue weighted by molar-refractivity contribution is 7.99. The molecule has 0 spiro atoms. The maximum atomic E-state index is 12.9. The van der Waals surface area contributed by atoms with Crippen molar-refractivity contribution < 1.29 is 14.7 Å². The fraction of sp³-hybridized carbons (Fsp3) is 0.867. The number of hydrogen-bond acceptors (Lipinski definition) is 3. The SMILES string of the molecule is O=C(O)CC1CSCCN1C(=O)N(CC1CC1)CC1CC1. The molecule has 1 N–H and O–H groups in total. The number of carboxylic acids is 1. The maximum absolute atomic E-state index is 12.9. The Hall–Kier alpha value is -0.910. The van der Waals surface area contributed by atoms with Gasteiger partial charge in [0.05, 0.1) is 12.5 Å². The Morgan fingerprint density at radius 2 is 1.76 bits per heavy atom. The van der Waals surface area contributed by atoms with Crippen LogP contribution in [0.1, 0.15) is 32.1 Å². The predicted molar refractivity (Wildman–Crippen MR) is 82.5 cm³/mol. The molecule has 1 unspecified atom stereocenters. The molecule has 2 saturated carbocycles. The van der Waals surface area contributed by atoms with Gasteiger partial charge in [-0.15, -0.1) is 0 Å². The molecule has 6 heteroatoms. The van der Waals surface area contributed by atoms with Crippen molar-refractivity contribution in [1.29, 1.82) is 0 Å². The number of aliphatic carboxylic acids is 1. The van der Waals surface area contributed by atoms with Crippen LogP contribution in [0.15, 0.2) is 0 Å². The van der Waals surface area contributed by atoms with Crippen LogP contribution in [0.3, 0.4) is 0 Å². The summed E-state index contributed by atoms with van der Waals surface area (Å²) in [5.41, 5.74) is 0. The van der Waals surface area contributed by atoms with Gasteiger partial charge in [-0.1, -0.05) is 0 Å². The Morgan fingerprint density at radius 3 is 2.29 bits per heavy atom. The molecule has 0 bridgehead atoms. The zero-order chi connectivity index (χ0) is 14.8. The molecule has 1 aliphatic heterocycles. The summed E-state index contributed by atoms with van der Waals surface area (Å²) < 4.78 is 0. The summed E-state index contributed by atoms with van der Waals surface area (Å²) in [5, 5.41) is 9.05. The van der Waals surface area contributed by atoms with Crippen LogP contribution in [0.25, 0.3) is 0 Å². The lowest BCUT2D eigenvalue weighted by Crippen LogP contribution is -2.53. The minimum absolute atomic E-state index is 0.0689. The van der Waals surface area contributed by atoms with Crippen LogP contribution >= 0.6 is 11.8 Å². The van der Waals surface area contributed by atoms with Crippen molar-refractivity contribution in [1.82, 2.24) is 9.80 Å². The molecule has 1 atom stereocenters. The number of urea groups is 1. The van der Waals surface area contributed by atoms with Crippen LogP contribution in [-0.4, -0.2) is 64.1 Å². The second-order valence-electron chi connectivity index (χ2n) is 6.59. The van der Waals surface area contributed by atoms with Gasteiger partial charge in [-0.3, -0.25) is 4.79 Å². The molecular weight excluding hydrogens is 288 g/mol. The van der Waals surface area contributed by atoms with Gasteiger partial charge in [-0.05, 0) is 37.5 Å². The van der Waals surface area contributed by atoms with E-state index in [1.807, 2.05) is 9.80 Å². The number of hydrogen-bond donors (Lipinski definition) is 1. The Balaban J connectivity index is 1.64. The Bertz CT molecular complexity index is 396. The predicted octanol–water partition coefficient (Wildman–Crippen LogP) is 2.12. The highest BCUT2D eigenvalue weighted by atomic mass is 32.2. The summed E-state index contributed by atoms with van der Waals surface area (Å²) in [6.07, 6.45) is 5.02. The van der Waals surface area contributed by atoms with Crippen LogP contribution in [-0.2, 0) is 4.79 Å². The Kier molecular flexibility index (Phi) is 4.62. The van der Waals surface area contributed by atoms with E-state index in [1.165, 1.54) is 25.7 Å². The van der Waals surface area contributed by atoms with Gasteiger partial charge in [-0.2, -0.15) is 11.8 Å². The van der Waals surface area contributed by atoms with Gasteiger partial charge in [0.25, 0.3) is 0 Å². The van der Waals surface area contributed by atoms with Crippen molar-refractivity contribution in [3.8, 4) is 0 Å². The van der Waals surface area contributed by atoms with E-state index in [9.17, 15) is 9.59 Å². The Morgan fingerprint density at radius 1 is 1.14 bits per heavy atom. The lowest BCUT2D eigenvalue weighted by atomic mass is 10.2. The van der Waals surface area contributed by atoms with Gasteiger partial charge < -0.3 is 14.9 Å². The topological polar surface area (TPSA) is 60.9 Å². The third-order valence-corrected chi connectivity index (χ3v) is 5.60. The van der Waals surface area contributed by atoms with Gasteiger partial charge in [0.15, 0.2) is 0 Å². The van der Waals surface area contributed by atoms with Crippen molar-refractivity contribution in [2.45, 2.75) is 38.1 Å². The number of rotatable bonds is 6. The van der Waals surface area contributed by atoms with Crippen LogP contribution in [0.5, 0.6) is 0 Å². The third-order valence-electron chi connectivity index (χ3n) is 4.51. The first-order valence-corrected chi connectivity index (χ1v) is 9.14. The molecule has 5 nitrogen and oxygen atoms in total. The first-order chi connectivity index (χ1) is 10.1. The van der Waals surface area contributed by atoms with E-state index < -0.39 is 5.97 Å². The minimum Gasteiger partial charge on any atom is -0.481 e. The summed E-state index contributed by atoms with van der Waals surface area (Å²) in [5.74, 6) is 2.23. The zero-order valence-corrected chi connectivity index (χ0v) is 13.2. The molecule has 3 aliphatic rings. The highest BCUT2D eigenvalue weighted by Gasteiger charge is 2.36. The van der Waals surface area contributed by atoms with E-state index >= 15 is 0 Å². The fourth-order valence-corrected chi connectivity index (χ4v) is 3.98. The molecule has 2 aliphatic carbocycles. The molecule has 0 radical (unpaired) electrons. The van der Waals surface area contributed by atoms with Crippen molar-refractivity contribution in [3.05, 3.63) is 0 Å². The molecule has 1 heterocycles. The van der Waals surface area contributed by atoms with Crippen LogP contribution in [0.4, 0.5) is 4.79 Å². The summed E-state index contributed by atoms with van der Waals surface area (Å²) >= 11 is 1.75. The van der Waals surface area contributed by atoms with Crippen molar-refractivity contribution in [2.75, 3.05) is 31.1 Å². The number of thioether (sulfide) groups is 1. The highest BCUT2D eigenvalue weighted by Crippen LogP contribution is 2.34. The van der Waals surface area contributed by atoms with E-state index in [0.29, 0.717) is 18.4 Å². The lowest BCUT2D eigenvalue weighted by molar-refractivity contribution is -0.138. The molecule has 21 heavy (non-hydrogen) atoms. The molecule has 118 valence electrons. The van der Waals surface area contributed by atoms with Gasteiger partial charge in [0, 0.05) is 31.1 Å². The van der Waals surface area contributed by atoms with E-state index in [-0.39, 0.29) is 18.5 Å². The molecule has 0 aromatic rings. The Labute approximate surface area is 130 Å².